The van der Waals surface area contributed by atoms with Crippen LogP contribution in [0.15, 0.2) is 11.4 Å². The van der Waals surface area contributed by atoms with Crippen LogP contribution in [0.2, 0.25) is 0 Å². The fourth-order valence-corrected chi connectivity index (χ4v) is 2.18. The van der Waals surface area contributed by atoms with Crippen LogP contribution in [0.25, 0.3) is 0 Å². The molecule has 0 spiro atoms. The topological polar surface area (TPSA) is 64.4 Å². The van der Waals surface area contributed by atoms with Crippen molar-refractivity contribution in [3.8, 4) is 0 Å². The Morgan fingerprint density at radius 3 is 2.89 bits per heavy atom. The van der Waals surface area contributed by atoms with Crippen molar-refractivity contribution in [2.45, 2.75) is 39.3 Å². The third-order valence-electron chi connectivity index (χ3n) is 2.35. The van der Waals surface area contributed by atoms with E-state index >= 15 is 0 Å². The van der Waals surface area contributed by atoms with Gasteiger partial charge in [0.1, 0.15) is 0 Å². The molecule has 5 nitrogen and oxygen atoms in total. The fourth-order valence-electron chi connectivity index (χ4n) is 1.45. The Balaban J connectivity index is 2.05. The van der Waals surface area contributed by atoms with Crippen molar-refractivity contribution >= 4 is 16.3 Å². The summed E-state index contributed by atoms with van der Waals surface area (Å²) in [5.74, 6) is 0. The molecule has 0 atom stereocenters. The van der Waals surface area contributed by atoms with Gasteiger partial charge in [0.15, 0.2) is 0 Å². The summed E-state index contributed by atoms with van der Waals surface area (Å²) in [7, 11) is 0. The van der Waals surface area contributed by atoms with Crippen LogP contribution < -0.4 is 5.32 Å². The van der Waals surface area contributed by atoms with Crippen molar-refractivity contribution in [2.75, 3.05) is 13.2 Å². The second-order valence-electron chi connectivity index (χ2n) is 4.35. The minimum absolute atomic E-state index is 0.206. The Labute approximate surface area is 111 Å². The smallest absolute Gasteiger partial charge is 0.324 e. The molecule has 0 aliphatic carbocycles. The molecule has 18 heavy (non-hydrogen) atoms. The van der Waals surface area contributed by atoms with E-state index in [2.05, 4.69) is 5.32 Å². The zero-order valence-corrected chi connectivity index (χ0v) is 11.7. The van der Waals surface area contributed by atoms with Crippen LogP contribution in [0.1, 0.15) is 32.3 Å². The van der Waals surface area contributed by atoms with Gasteiger partial charge in [0, 0.05) is 24.6 Å². The van der Waals surface area contributed by atoms with Gasteiger partial charge in [0.05, 0.1) is 11.0 Å². The van der Waals surface area contributed by atoms with E-state index in [9.17, 15) is 10.1 Å². The third-order valence-corrected chi connectivity index (χ3v) is 3.28. The number of nitrogens with one attached hydrogen (secondary N) is 1. The summed E-state index contributed by atoms with van der Waals surface area (Å²) >= 11 is 1.17. The molecule has 1 aromatic heterocycles. The molecule has 6 heteroatoms. The highest BCUT2D eigenvalue weighted by molar-refractivity contribution is 7.13. The van der Waals surface area contributed by atoms with E-state index in [1.54, 1.807) is 6.07 Å². The van der Waals surface area contributed by atoms with Gasteiger partial charge in [-0.1, -0.05) is 11.3 Å². The monoisotopic (exact) mass is 272 g/mol. The predicted octanol–water partition coefficient (Wildman–Crippen LogP) is 2.95. The first-order valence-corrected chi connectivity index (χ1v) is 7.01. The molecule has 0 saturated heterocycles. The number of ether oxygens (including phenoxy) is 1. The van der Waals surface area contributed by atoms with Crippen LogP contribution in [0, 0.1) is 10.1 Å². The lowest BCUT2D eigenvalue weighted by molar-refractivity contribution is -0.380. The summed E-state index contributed by atoms with van der Waals surface area (Å²) in [5.41, 5.74) is 0.977. The van der Waals surface area contributed by atoms with Crippen LogP contribution in [0.5, 0.6) is 0 Å². The summed E-state index contributed by atoms with van der Waals surface area (Å²) in [6.07, 6.45) is 2.39. The molecule has 1 rings (SSSR count). The minimum Gasteiger partial charge on any atom is -0.379 e. The van der Waals surface area contributed by atoms with Gasteiger partial charge < -0.3 is 10.1 Å². The number of rotatable bonds is 9. The SMILES string of the molecule is CC(C)OCCCCNCc1csc([N+](=O)[O-])c1. The maximum absolute atomic E-state index is 10.5. The number of unbranched alkanes of at least 4 members (excludes halogenated alkanes) is 1. The van der Waals surface area contributed by atoms with Gasteiger partial charge in [-0.2, -0.15) is 0 Å². The quantitative estimate of drug-likeness (QED) is 0.426. The summed E-state index contributed by atoms with van der Waals surface area (Å²) in [6, 6.07) is 1.62. The zero-order chi connectivity index (χ0) is 13.4. The molecule has 0 aliphatic heterocycles. The molecular weight excluding hydrogens is 252 g/mol. The Morgan fingerprint density at radius 1 is 1.50 bits per heavy atom. The maximum Gasteiger partial charge on any atom is 0.324 e. The highest BCUT2D eigenvalue weighted by Gasteiger charge is 2.08. The third kappa shape index (κ3) is 6.09. The molecule has 0 amide bonds. The average molecular weight is 272 g/mol. The molecule has 0 aliphatic rings. The van der Waals surface area contributed by atoms with Crippen LogP contribution in [0.4, 0.5) is 5.00 Å². The Kier molecular flexibility index (Phi) is 6.85. The highest BCUT2D eigenvalue weighted by atomic mass is 32.1. The van der Waals surface area contributed by atoms with Crippen LogP contribution in [-0.2, 0) is 11.3 Å². The zero-order valence-electron chi connectivity index (χ0n) is 10.8. The molecular formula is C12H20N2O3S. The van der Waals surface area contributed by atoms with Gasteiger partial charge in [-0.3, -0.25) is 10.1 Å². The molecule has 0 radical (unpaired) electrons. The standard InChI is InChI=1S/C12H20N2O3S/c1-10(2)17-6-4-3-5-13-8-11-7-12(14(15)16)18-9-11/h7,9-10,13H,3-6,8H2,1-2H3. The Bertz CT molecular complexity index is 366. The largest absolute Gasteiger partial charge is 0.379 e. The van der Waals surface area contributed by atoms with E-state index in [0.29, 0.717) is 12.6 Å². The van der Waals surface area contributed by atoms with Gasteiger partial charge in [0.25, 0.3) is 0 Å². The molecule has 1 heterocycles. The minimum atomic E-state index is -0.350. The first-order valence-electron chi connectivity index (χ1n) is 6.13. The van der Waals surface area contributed by atoms with E-state index < -0.39 is 0 Å². The lowest BCUT2D eigenvalue weighted by atomic mass is 10.3. The van der Waals surface area contributed by atoms with E-state index in [1.165, 1.54) is 11.3 Å². The van der Waals surface area contributed by atoms with Gasteiger partial charge in [-0.25, -0.2) is 0 Å². The van der Waals surface area contributed by atoms with E-state index in [0.717, 1.165) is 31.6 Å². The van der Waals surface area contributed by atoms with Gasteiger partial charge >= 0.3 is 5.00 Å². The number of nitrogens with zero attached hydrogens (tertiary/aromatic N) is 1. The summed E-state index contributed by atoms with van der Waals surface area (Å²) < 4.78 is 5.44. The fraction of sp³-hybridized carbons (Fsp3) is 0.667. The summed E-state index contributed by atoms with van der Waals surface area (Å²) in [6.45, 7) is 6.45. The van der Waals surface area contributed by atoms with Crippen LogP contribution >= 0.6 is 11.3 Å². The highest BCUT2D eigenvalue weighted by Crippen LogP contribution is 2.22. The number of hydrogen-bond donors (Lipinski definition) is 1. The van der Waals surface area contributed by atoms with Crippen molar-refractivity contribution in [3.05, 3.63) is 27.1 Å². The second kappa shape index (κ2) is 8.18. The van der Waals surface area contributed by atoms with E-state index in [4.69, 9.17) is 4.74 Å². The molecule has 1 N–H and O–H groups in total. The predicted molar refractivity (Wildman–Crippen MR) is 73.0 cm³/mol. The van der Waals surface area contributed by atoms with Crippen molar-refractivity contribution < 1.29 is 9.66 Å². The maximum atomic E-state index is 10.5. The molecule has 0 saturated carbocycles. The first-order chi connectivity index (χ1) is 8.59. The molecule has 0 aromatic carbocycles. The Hall–Kier alpha value is -0.980. The summed E-state index contributed by atoms with van der Waals surface area (Å²) in [5, 5.41) is 15.8. The molecule has 0 fully saturated rings. The molecule has 0 bridgehead atoms. The number of thiophene rings is 1. The molecule has 102 valence electrons. The van der Waals surface area contributed by atoms with E-state index in [1.807, 2.05) is 19.2 Å². The van der Waals surface area contributed by atoms with Gasteiger partial charge in [-0.15, -0.1) is 0 Å². The normalized spacial score (nSPS) is 11.1. The summed E-state index contributed by atoms with van der Waals surface area (Å²) in [4.78, 5) is 10.1. The molecule has 1 aromatic rings. The first kappa shape index (κ1) is 15.1. The number of hydrogen-bond acceptors (Lipinski definition) is 5. The Morgan fingerprint density at radius 2 is 2.28 bits per heavy atom. The number of nitro groups is 1. The van der Waals surface area contributed by atoms with Crippen molar-refractivity contribution in [2.24, 2.45) is 0 Å². The van der Waals surface area contributed by atoms with Crippen molar-refractivity contribution in [3.63, 3.8) is 0 Å². The van der Waals surface area contributed by atoms with E-state index in [-0.39, 0.29) is 9.92 Å². The van der Waals surface area contributed by atoms with Gasteiger partial charge in [0.2, 0.25) is 0 Å². The lowest BCUT2D eigenvalue weighted by Crippen LogP contribution is -2.15. The van der Waals surface area contributed by atoms with Crippen LogP contribution in [0.3, 0.4) is 0 Å². The van der Waals surface area contributed by atoms with Crippen LogP contribution in [-0.4, -0.2) is 24.2 Å². The average Bonchev–Trinajstić information content (AvgIpc) is 2.76. The van der Waals surface area contributed by atoms with Gasteiger partial charge in [-0.05, 0) is 38.8 Å². The van der Waals surface area contributed by atoms with Crippen molar-refractivity contribution in [1.29, 1.82) is 0 Å². The van der Waals surface area contributed by atoms with Crippen molar-refractivity contribution in [1.82, 2.24) is 5.32 Å². The lowest BCUT2D eigenvalue weighted by Gasteiger charge is -2.07. The molecule has 0 unspecified atom stereocenters. The second-order valence-corrected chi connectivity index (χ2v) is 5.24.